The Bertz CT molecular complexity index is 636. The van der Waals surface area contributed by atoms with E-state index >= 15 is 0 Å². The van der Waals surface area contributed by atoms with Crippen LogP contribution < -0.4 is 10.1 Å². The molecular weight excluding hydrogens is 250 g/mol. The van der Waals surface area contributed by atoms with Crippen LogP contribution in [0.25, 0.3) is 0 Å². The highest BCUT2D eigenvalue weighted by Crippen LogP contribution is 2.32. The van der Waals surface area contributed by atoms with Crippen LogP contribution in [0.2, 0.25) is 0 Å². The number of hydrogen-bond donors (Lipinski definition) is 1. The van der Waals surface area contributed by atoms with Crippen molar-refractivity contribution in [2.24, 2.45) is 0 Å². The van der Waals surface area contributed by atoms with Crippen molar-refractivity contribution >= 4 is 11.5 Å². The van der Waals surface area contributed by atoms with Crippen LogP contribution in [-0.2, 0) is 11.2 Å². The fraction of sp³-hybridized carbons (Fsp3) is 0.235. The molecule has 0 saturated carbocycles. The van der Waals surface area contributed by atoms with Gasteiger partial charge in [-0.2, -0.15) is 0 Å². The molecule has 0 bridgehead atoms. The molecule has 1 aliphatic heterocycles. The summed E-state index contributed by atoms with van der Waals surface area (Å²) in [7, 11) is 1.64. The van der Waals surface area contributed by atoms with Gasteiger partial charge in [0.05, 0.1) is 13.0 Å². The predicted octanol–water partition coefficient (Wildman–Crippen LogP) is 3.02. The largest absolute Gasteiger partial charge is 0.497 e. The topological polar surface area (TPSA) is 38.3 Å². The molecule has 1 aliphatic rings. The lowest BCUT2D eigenvalue weighted by molar-refractivity contribution is -0.119. The fourth-order valence-electron chi connectivity index (χ4n) is 2.68. The molecule has 1 atom stereocenters. The monoisotopic (exact) mass is 267 g/mol. The molecule has 0 fully saturated rings. The smallest absolute Gasteiger partial charge is 0.146 e. The Morgan fingerprint density at radius 1 is 1.25 bits per heavy atom. The number of rotatable bonds is 4. The molecular formula is C17H17NO2. The Hall–Kier alpha value is -2.29. The van der Waals surface area contributed by atoms with Crippen LogP contribution in [0, 0.1) is 0 Å². The summed E-state index contributed by atoms with van der Waals surface area (Å²) in [6.45, 7) is 0.697. The van der Waals surface area contributed by atoms with Gasteiger partial charge in [-0.25, -0.2) is 0 Å². The first-order valence-electron chi connectivity index (χ1n) is 6.76. The van der Waals surface area contributed by atoms with E-state index in [1.54, 1.807) is 7.11 Å². The number of anilines is 1. The van der Waals surface area contributed by atoms with Crippen LogP contribution in [0.4, 0.5) is 5.69 Å². The third-order valence-electron chi connectivity index (χ3n) is 3.73. The molecule has 1 N–H and O–H groups in total. The number of ketones is 1. The van der Waals surface area contributed by atoms with Gasteiger partial charge in [0.2, 0.25) is 0 Å². The van der Waals surface area contributed by atoms with E-state index in [2.05, 4.69) is 5.32 Å². The molecule has 0 amide bonds. The van der Waals surface area contributed by atoms with E-state index in [0.717, 1.165) is 22.6 Å². The summed E-state index contributed by atoms with van der Waals surface area (Å²) in [6, 6.07) is 15.7. The molecule has 20 heavy (non-hydrogen) atoms. The van der Waals surface area contributed by atoms with Crippen LogP contribution in [-0.4, -0.2) is 19.4 Å². The summed E-state index contributed by atoms with van der Waals surface area (Å²) < 4.78 is 5.19. The lowest BCUT2D eigenvalue weighted by atomic mass is 9.93. The summed E-state index contributed by atoms with van der Waals surface area (Å²) >= 11 is 0. The van der Waals surface area contributed by atoms with Crippen molar-refractivity contribution in [3.63, 3.8) is 0 Å². The van der Waals surface area contributed by atoms with Gasteiger partial charge in [-0.1, -0.05) is 30.3 Å². The van der Waals surface area contributed by atoms with Gasteiger partial charge in [-0.05, 0) is 29.3 Å². The summed E-state index contributed by atoms with van der Waals surface area (Å²) in [6.07, 6.45) is 0.442. The van der Waals surface area contributed by atoms with E-state index in [4.69, 9.17) is 4.74 Å². The number of nitrogens with one attached hydrogen (secondary N) is 1. The lowest BCUT2D eigenvalue weighted by Gasteiger charge is -2.10. The molecule has 3 rings (SSSR count). The van der Waals surface area contributed by atoms with Crippen molar-refractivity contribution in [3.8, 4) is 5.75 Å². The molecule has 3 nitrogen and oxygen atoms in total. The number of carbonyl (C=O) groups is 1. The van der Waals surface area contributed by atoms with Gasteiger partial charge in [0, 0.05) is 18.7 Å². The van der Waals surface area contributed by atoms with Crippen molar-refractivity contribution in [3.05, 3.63) is 59.7 Å². The van der Waals surface area contributed by atoms with Crippen LogP contribution in [0.15, 0.2) is 48.5 Å². The molecule has 2 aromatic carbocycles. The minimum atomic E-state index is -0.0441. The predicted molar refractivity (Wildman–Crippen MR) is 79.4 cm³/mol. The first-order valence-corrected chi connectivity index (χ1v) is 6.76. The quantitative estimate of drug-likeness (QED) is 0.925. The van der Waals surface area contributed by atoms with E-state index < -0.39 is 0 Å². The van der Waals surface area contributed by atoms with Crippen molar-refractivity contribution in [2.45, 2.75) is 12.3 Å². The van der Waals surface area contributed by atoms with Gasteiger partial charge < -0.3 is 10.1 Å². The molecule has 0 spiro atoms. The zero-order chi connectivity index (χ0) is 13.9. The second-order valence-electron chi connectivity index (χ2n) is 5.02. The minimum absolute atomic E-state index is 0.0441. The molecule has 0 radical (unpaired) electrons. The second kappa shape index (κ2) is 5.37. The average Bonchev–Trinajstić information content (AvgIpc) is 2.91. The average molecular weight is 267 g/mol. The highest BCUT2D eigenvalue weighted by molar-refractivity contribution is 5.91. The molecule has 3 heteroatoms. The maximum Gasteiger partial charge on any atom is 0.146 e. The SMILES string of the molecule is COc1cccc(CC(=O)C2CNc3ccccc32)c1. The Morgan fingerprint density at radius 2 is 2.10 bits per heavy atom. The van der Waals surface area contributed by atoms with Gasteiger partial charge in [0.15, 0.2) is 0 Å². The molecule has 1 heterocycles. The molecule has 0 aromatic heterocycles. The zero-order valence-electron chi connectivity index (χ0n) is 11.4. The number of fused-ring (bicyclic) bond motifs is 1. The molecule has 2 aromatic rings. The normalized spacial score (nSPS) is 16.4. The third-order valence-corrected chi connectivity index (χ3v) is 3.73. The summed E-state index contributed by atoms with van der Waals surface area (Å²) in [5, 5.41) is 3.29. The van der Waals surface area contributed by atoms with Gasteiger partial charge >= 0.3 is 0 Å². The second-order valence-corrected chi connectivity index (χ2v) is 5.02. The summed E-state index contributed by atoms with van der Waals surface area (Å²) in [4.78, 5) is 12.5. The van der Waals surface area contributed by atoms with Crippen LogP contribution >= 0.6 is 0 Å². The molecule has 0 saturated heterocycles. The number of Topliss-reactive ketones (excluding diaryl/α,β-unsaturated/α-hetero) is 1. The minimum Gasteiger partial charge on any atom is -0.497 e. The van der Waals surface area contributed by atoms with Crippen LogP contribution in [0.1, 0.15) is 17.0 Å². The van der Waals surface area contributed by atoms with Gasteiger partial charge in [0.1, 0.15) is 11.5 Å². The van der Waals surface area contributed by atoms with Gasteiger partial charge in [-0.3, -0.25) is 4.79 Å². The maximum absolute atomic E-state index is 12.5. The van der Waals surface area contributed by atoms with Gasteiger partial charge in [-0.15, -0.1) is 0 Å². The van der Waals surface area contributed by atoms with E-state index in [1.165, 1.54) is 0 Å². The Kier molecular flexibility index (Phi) is 3.42. The van der Waals surface area contributed by atoms with Gasteiger partial charge in [0.25, 0.3) is 0 Å². The molecule has 102 valence electrons. The molecule has 1 unspecified atom stereocenters. The summed E-state index contributed by atoms with van der Waals surface area (Å²) in [5.41, 5.74) is 3.19. The first kappa shape index (κ1) is 12.7. The van der Waals surface area contributed by atoms with Crippen molar-refractivity contribution in [1.82, 2.24) is 0 Å². The highest BCUT2D eigenvalue weighted by Gasteiger charge is 2.27. The van der Waals surface area contributed by atoms with E-state index in [0.29, 0.717) is 13.0 Å². The lowest BCUT2D eigenvalue weighted by Crippen LogP contribution is -2.16. The van der Waals surface area contributed by atoms with E-state index in [9.17, 15) is 4.79 Å². The first-order chi connectivity index (χ1) is 9.78. The number of methoxy groups -OCH3 is 1. The van der Waals surface area contributed by atoms with Crippen molar-refractivity contribution < 1.29 is 9.53 Å². The molecule has 0 aliphatic carbocycles. The fourth-order valence-corrected chi connectivity index (χ4v) is 2.68. The highest BCUT2D eigenvalue weighted by atomic mass is 16.5. The van der Waals surface area contributed by atoms with Crippen LogP contribution in [0.5, 0.6) is 5.75 Å². The maximum atomic E-state index is 12.5. The van der Waals surface area contributed by atoms with Crippen molar-refractivity contribution in [2.75, 3.05) is 19.0 Å². The standard InChI is InChI=1S/C17H17NO2/c1-20-13-6-4-5-12(9-13)10-17(19)15-11-18-16-8-3-2-7-14(15)16/h2-9,15,18H,10-11H2,1H3. The number of para-hydroxylation sites is 1. The van der Waals surface area contributed by atoms with E-state index in [-0.39, 0.29) is 11.7 Å². The Labute approximate surface area is 118 Å². The zero-order valence-corrected chi connectivity index (χ0v) is 11.4. The number of ether oxygens (including phenoxy) is 1. The Balaban J connectivity index is 1.77. The Morgan fingerprint density at radius 3 is 2.95 bits per heavy atom. The van der Waals surface area contributed by atoms with E-state index in [1.807, 2.05) is 48.5 Å². The summed E-state index contributed by atoms with van der Waals surface area (Å²) in [5.74, 6) is 0.994. The van der Waals surface area contributed by atoms with Crippen molar-refractivity contribution in [1.29, 1.82) is 0 Å². The van der Waals surface area contributed by atoms with Crippen LogP contribution in [0.3, 0.4) is 0 Å². The number of hydrogen-bond acceptors (Lipinski definition) is 3. The number of carbonyl (C=O) groups excluding carboxylic acids is 1. The third kappa shape index (κ3) is 2.39. The number of benzene rings is 2.